The molecule has 0 heterocycles. The molecule has 1 N–H and O–H groups in total. The summed E-state index contributed by atoms with van der Waals surface area (Å²) in [5.74, 6) is 0. The molecular formula is C32H66O10. The van der Waals surface area contributed by atoms with Crippen LogP contribution in [0.2, 0.25) is 0 Å². The smallest absolute Gasteiger partial charge is 0.0778 e. The zero-order valence-corrected chi connectivity index (χ0v) is 27.2. The molecule has 0 saturated heterocycles. The van der Waals surface area contributed by atoms with Gasteiger partial charge in [0.15, 0.2) is 0 Å². The molecule has 0 aliphatic heterocycles. The first kappa shape index (κ1) is 41.6. The second-order valence-electron chi connectivity index (χ2n) is 10.3. The molecule has 1 atom stereocenters. The minimum atomic E-state index is -0.154. The maximum Gasteiger partial charge on any atom is 0.0778 e. The maximum absolute atomic E-state index is 8.84. The molecule has 0 bridgehead atoms. The van der Waals surface area contributed by atoms with Gasteiger partial charge in [0, 0.05) is 6.61 Å². The minimum Gasteiger partial charge on any atom is -0.394 e. The van der Waals surface area contributed by atoms with Crippen LogP contribution >= 0.6 is 0 Å². The number of unbranched alkanes of at least 4 members (excludes halogenated alkanes) is 10. The third kappa shape index (κ3) is 37.6. The van der Waals surface area contributed by atoms with E-state index in [0.29, 0.717) is 106 Å². The Hall–Kier alpha value is -0.400. The summed E-state index contributed by atoms with van der Waals surface area (Å²) in [6.07, 6.45) is 14.7. The van der Waals surface area contributed by atoms with E-state index >= 15 is 0 Å². The quantitative estimate of drug-likeness (QED) is 0.0978. The Balaban J connectivity index is 3.04. The van der Waals surface area contributed by atoms with Gasteiger partial charge in [0.2, 0.25) is 0 Å². The van der Waals surface area contributed by atoms with Crippen molar-refractivity contribution in [2.75, 3.05) is 119 Å². The molecule has 0 spiro atoms. The predicted octanol–water partition coefficient (Wildman–Crippen LogP) is 4.83. The number of aliphatic hydroxyl groups is 1. The zero-order chi connectivity index (χ0) is 30.4. The van der Waals surface area contributed by atoms with Crippen molar-refractivity contribution in [1.29, 1.82) is 0 Å². The molecule has 1 unspecified atom stereocenters. The lowest BCUT2D eigenvalue weighted by Gasteiger charge is -2.10. The topological polar surface area (TPSA) is 103 Å². The Labute approximate surface area is 257 Å². The Morgan fingerprint density at radius 3 is 0.929 bits per heavy atom. The van der Waals surface area contributed by atoms with Gasteiger partial charge < -0.3 is 47.7 Å². The summed E-state index contributed by atoms with van der Waals surface area (Å²) >= 11 is 0. The molecule has 0 aliphatic carbocycles. The molecule has 0 aromatic rings. The van der Waals surface area contributed by atoms with Gasteiger partial charge >= 0.3 is 0 Å². The summed E-state index contributed by atoms with van der Waals surface area (Å²) in [6.45, 7) is 13.5. The van der Waals surface area contributed by atoms with E-state index in [1.165, 1.54) is 64.2 Å². The van der Waals surface area contributed by atoms with Crippen molar-refractivity contribution in [1.82, 2.24) is 0 Å². The molecule has 0 aromatic carbocycles. The first-order valence-corrected chi connectivity index (χ1v) is 16.7. The van der Waals surface area contributed by atoms with Crippen LogP contribution in [0.5, 0.6) is 0 Å². The van der Waals surface area contributed by atoms with Crippen molar-refractivity contribution >= 4 is 0 Å². The molecule has 0 amide bonds. The van der Waals surface area contributed by atoms with Crippen LogP contribution in [0.1, 0.15) is 84.5 Å². The van der Waals surface area contributed by atoms with Crippen molar-refractivity contribution in [3.05, 3.63) is 0 Å². The van der Waals surface area contributed by atoms with Crippen LogP contribution in [0.4, 0.5) is 0 Å². The van der Waals surface area contributed by atoms with Crippen LogP contribution < -0.4 is 0 Å². The van der Waals surface area contributed by atoms with Gasteiger partial charge in [0.1, 0.15) is 0 Å². The van der Waals surface area contributed by atoms with E-state index in [4.69, 9.17) is 47.7 Å². The standard InChI is InChI=1S/C32H66O10/c1-3-4-5-6-7-8-9-10-11-12-13-14-34-15-16-35-17-18-36-19-20-37-21-22-38-23-24-39-25-26-40-27-28-41-29-30-42-32(2)31-33/h32-33H,3-31H2,1-2H3. The van der Waals surface area contributed by atoms with Crippen molar-refractivity contribution in [3.8, 4) is 0 Å². The number of aliphatic hydroxyl groups excluding tert-OH is 1. The van der Waals surface area contributed by atoms with Crippen LogP contribution in [0.25, 0.3) is 0 Å². The highest BCUT2D eigenvalue weighted by molar-refractivity contribution is 4.48. The third-order valence-corrected chi connectivity index (χ3v) is 6.38. The summed E-state index contributed by atoms with van der Waals surface area (Å²) in [6, 6.07) is 0. The van der Waals surface area contributed by atoms with E-state index in [2.05, 4.69) is 6.92 Å². The summed E-state index contributed by atoms with van der Waals surface area (Å²) in [7, 11) is 0. The van der Waals surface area contributed by atoms with E-state index in [9.17, 15) is 0 Å². The van der Waals surface area contributed by atoms with Crippen LogP contribution in [0.3, 0.4) is 0 Å². The molecule has 10 heteroatoms. The minimum absolute atomic E-state index is 0.0186. The normalized spacial score (nSPS) is 12.4. The average molecular weight is 611 g/mol. The highest BCUT2D eigenvalue weighted by atomic mass is 16.6. The van der Waals surface area contributed by atoms with Gasteiger partial charge in [0.05, 0.1) is 118 Å². The average Bonchev–Trinajstić information content (AvgIpc) is 3.00. The van der Waals surface area contributed by atoms with Crippen LogP contribution in [0, 0.1) is 0 Å². The lowest BCUT2D eigenvalue weighted by Crippen LogP contribution is -2.17. The van der Waals surface area contributed by atoms with E-state index in [1.807, 2.05) is 6.92 Å². The lowest BCUT2D eigenvalue weighted by atomic mass is 10.1. The molecule has 0 rings (SSSR count). The molecular weight excluding hydrogens is 544 g/mol. The molecule has 0 aromatic heterocycles. The molecule has 254 valence electrons. The first-order chi connectivity index (χ1) is 20.8. The largest absolute Gasteiger partial charge is 0.394 e. The van der Waals surface area contributed by atoms with Crippen molar-refractivity contribution in [3.63, 3.8) is 0 Å². The van der Waals surface area contributed by atoms with Crippen LogP contribution in [-0.4, -0.2) is 130 Å². The highest BCUT2D eigenvalue weighted by Gasteiger charge is 1.99. The fraction of sp³-hybridized carbons (Fsp3) is 1.00. The lowest BCUT2D eigenvalue weighted by molar-refractivity contribution is -0.0325. The number of hydrogen-bond acceptors (Lipinski definition) is 10. The van der Waals surface area contributed by atoms with E-state index in [1.54, 1.807) is 0 Å². The second kappa shape index (κ2) is 38.6. The Bertz CT molecular complexity index is 473. The molecule has 10 nitrogen and oxygen atoms in total. The molecule has 0 saturated carbocycles. The van der Waals surface area contributed by atoms with Crippen molar-refractivity contribution < 1.29 is 47.7 Å². The summed E-state index contributed by atoms with van der Waals surface area (Å²) < 4.78 is 49.2. The highest BCUT2D eigenvalue weighted by Crippen LogP contribution is 2.11. The number of ether oxygens (including phenoxy) is 9. The fourth-order valence-corrected chi connectivity index (χ4v) is 3.87. The Morgan fingerprint density at radius 1 is 0.357 bits per heavy atom. The molecule has 42 heavy (non-hydrogen) atoms. The van der Waals surface area contributed by atoms with Gasteiger partial charge in [0.25, 0.3) is 0 Å². The molecule has 0 aliphatic rings. The Morgan fingerprint density at radius 2 is 0.619 bits per heavy atom. The number of rotatable bonds is 38. The van der Waals surface area contributed by atoms with Gasteiger partial charge in [-0.3, -0.25) is 0 Å². The second-order valence-corrected chi connectivity index (χ2v) is 10.3. The summed E-state index contributed by atoms with van der Waals surface area (Å²) in [4.78, 5) is 0. The van der Waals surface area contributed by atoms with E-state index in [-0.39, 0.29) is 12.7 Å². The van der Waals surface area contributed by atoms with Gasteiger partial charge in [-0.05, 0) is 13.3 Å². The van der Waals surface area contributed by atoms with Crippen LogP contribution in [-0.2, 0) is 42.6 Å². The van der Waals surface area contributed by atoms with Crippen LogP contribution in [0.15, 0.2) is 0 Å². The predicted molar refractivity (Wildman–Crippen MR) is 166 cm³/mol. The Kier molecular flexibility index (Phi) is 38.3. The first-order valence-electron chi connectivity index (χ1n) is 16.7. The maximum atomic E-state index is 8.84. The van der Waals surface area contributed by atoms with Crippen molar-refractivity contribution in [2.24, 2.45) is 0 Å². The number of hydrogen-bond donors (Lipinski definition) is 1. The van der Waals surface area contributed by atoms with Gasteiger partial charge in [-0.1, -0.05) is 71.1 Å². The third-order valence-electron chi connectivity index (χ3n) is 6.38. The monoisotopic (exact) mass is 610 g/mol. The zero-order valence-electron chi connectivity index (χ0n) is 27.2. The van der Waals surface area contributed by atoms with Gasteiger partial charge in [-0.15, -0.1) is 0 Å². The summed E-state index contributed by atoms with van der Waals surface area (Å²) in [5.41, 5.74) is 0. The van der Waals surface area contributed by atoms with Crippen molar-refractivity contribution in [2.45, 2.75) is 90.6 Å². The fourth-order valence-electron chi connectivity index (χ4n) is 3.87. The SMILES string of the molecule is CCCCCCCCCCCCCOCCOCCOCCOCCOCCOCCOCCOCCOC(C)CO. The van der Waals surface area contributed by atoms with Gasteiger partial charge in [-0.2, -0.15) is 0 Å². The summed E-state index contributed by atoms with van der Waals surface area (Å²) in [5, 5.41) is 8.84. The molecule has 0 fully saturated rings. The van der Waals surface area contributed by atoms with E-state index < -0.39 is 0 Å². The van der Waals surface area contributed by atoms with E-state index in [0.717, 1.165) is 13.0 Å². The molecule has 0 radical (unpaired) electrons. The van der Waals surface area contributed by atoms with Gasteiger partial charge in [-0.25, -0.2) is 0 Å².